The molecule has 202 valence electrons. The molecule has 0 radical (unpaired) electrons. The monoisotopic (exact) mass is 521 g/mol. The quantitative estimate of drug-likeness (QED) is 0.228. The van der Waals surface area contributed by atoms with Crippen LogP contribution >= 0.6 is 0 Å². The summed E-state index contributed by atoms with van der Waals surface area (Å²) in [5, 5.41) is 2.14. The first-order valence-electron chi connectivity index (χ1n) is 14.4. The van der Waals surface area contributed by atoms with Crippen LogP contribution < -0.4 is 0 Å². The average molecular weight is 522 g/mol. The minimum Gasteiger partial charge on any atom is -0.345 e. The summed E-state index contributed by atoms with van der Waals surface area (Å²) in [6.45, 7) is 4.06. The fourth-order valence-corrected chi connectivity index (χ4v) is 5.80. The van der Waals surface area contributed by atoms with Gasteiger partial charge >= 0.3 is 0 Å². The molecule has 39 heavy (non-hydrogen) atoms. The third-order valence-electron chi connectivity index (χ3n) is 7.89. The minimum atomic E-state index is -0.0769. The Labute approximate surface area is 232 Å². The van der Waals surface area contributed by atoms with Crippen LogP contribution in [0.4, 0.5) is 0 Å². The van der Waals surface area contributed by atoms with Crippen LogP contribution in [0.1, 0.15) is 67.1 Å². The summed E-state index contributed by atoms with van der Waals surface area (Å²) in [6.07, 6.45) is 8.47. The van der Waals surface area contributed by atoms with Crippen molar-refractivity contribution in [3.8, 4) is 0 Å². The highest BCUT2D eigenvalue weighted by molar-refractivity contribution is 6.00. The first-order valence-corrected chi connectivity index (χ1v) is 14.4. The summed E-state index contributed by atoms with van der Waals surface area (Å²) in [5.74, 6) is -0.0380. The molecule has 0 atom stereocenters. The van der Waals surface area contributed by atoms with Crippen LogP contribution in [0.5, 0.6) is 0 Å². The molecule has 1 aliphatic rings. The molecule has 2 amide bonds. The van der Waals surface area contributed by atoms with Crippen molar-refractivity contribution in [2.75, 3.05) is 13.1 Å². The maximum absolute atomic E-state index is 14.0. The Morgan fingerprint density at radius 2 is 1.59 bits per heavy atom. The van der Waals surface area contributed by atoms with Gasteiger partial charge in [-0.25, -0.2) is 0 Å². The maximum Gasteiger partial charge on any atom is 0.254 e. The molecule has 5 nitrogen and oxygen atoms in total. The summed E-state index contributed by atoms with van der Waals surface area (Å²) in [7, 11) is 0. The van der Waals surface area contributed by atoms with E-state index in [0.717, 1.165) is 55.1 Å². The van der Waals surface area contributed by atoms with Gasteiger partial charge in [-0.2, -0.15) is 0 Å². The zero-order valence-corrected chi connectivity index (χ0v) is 23.0. The highest BCUT2D eigenvalue weighted by Gasteiger charge is 2.29. The third-order valence-corrected chi connectivity index (χ3v) is 7.89. The second-order valence-corrected chi connectivity index (χ2v) is 10.7. The van der Waals surface area contributed by atoms with Crippen molar-refractivity contribution in [3.05, 3.63) is 108 Å². The smallest absolute Gasteiger partial charge is 0.254 e. The van der Waals surface area contributed by atoms with E-state index < -0.39 is 0 Å². The zero-order chi connectivity index (χ0) is 27.0. The van der Waals surface area contributed by atoms with Crippen molar-refractivity contribution in [1.82, 2.24) is 14.4 Å². The van der Waals surface area contributed by atoms with Gasteiger partial charge in [0, 0.05) is 36.6 Å². The van der Waals surface area contributed by atoms with E-state index in [1.165, 1.54) is 12.0 Å². The molecule has 0 bridgehead atoms. The summed E-state index contributed by atoms with van der Waals surface area (Å²) in [4.78, 5) is 31.4. The van der Waals surface area contributed by atoms with Crippen LogP contribution in [0.3, 0.4) is 0 Å². The SMILES string of the molecule is CCCN(CC(=O)N(Cc1cccn1Cc1ccccc1)C1CCCCC1)C(=O)c1ccc2ccccc2c1. The Balaban J connectivity index is 1.36. The molecular weight excluding hydrogens is 482 g/mol. The van der Waals surface area contributed by atoms with E-state index in [2.05, 4.69) is 59.0 Å². The van der Waals surface area contributed by atoms with Gasteiger partial charge in [-0.1, -0.05) is 86.8 Å². The molecule has 4 aromatic rings. The van der Waals surface area contributed by atoms with Gasteiger partial charge in [-0.05, 0) is 59.9 Å². The normalized spacial score (nSPS) is 13.9. The molecule has 0 N–H and O–H groups in total. The predicted octanol–water partition coefficient (Wildman–Crippen LogP) is 6.90. The van der Waals surface area contributed by atoms with Crippen LogP contribution in [0.25, 0.3) is 10.8 Å². The van der Waals surface area contributed by atoms with Crippen molar-refractivity contribution in [2.24, 2.45) is 0 Å². The van der Waals surface area contributed by atoms with Crippen LogP contribution in [0, 0.1) is 0 Å². The van der Waals surface area contributed by atoms with Crippen molar-refractivity contribution in [1.29, 1.82) is 0 Å². The summed E-state index contributed by atoms with van der Waals surface area (Å²) in [6, 6.07) is 28.7. The van der Waals surface area contributed by atoms with E-state index in [1.807, 2.05) is 48.5 Å². The van der Waals surface area contributed by atoms with Crippen LogP contribution in [-0.4, -0.2) is 45.3 Å². The molecule has 1 heterocycles. The number of amides is 2. The van der Waals surface area contributed by atoms with Crippen molar-refractivity contribution >= 4 is 22.6 Å². The molecule has 1 aromatic heterocycles. The van der Waals surface area contributed by atoms with Gasteiger partial charge in [0.15, 0.2) is 0 Å². The van der Waals surface area contributed by atoms with E-state index in [9.17, 15) is 9.59 Å². The summed E-state index contributed by atoms with van der Waals surface area (Å²) < 4.78 is 2.24. The Morgan fingerprint density at radius 1 is 0.846 bits per heavy atom. The van der Waals surface area contributed by atoms with Crippen LogP contribution in [0.15, 0.2) is 91.1 Å². The zero-order valence-electron chi connectivity index (χ0n) is 23.0. The van der Waals surface area contributed by atoms with Crippen molar-refractivity contribution < 1.29 is 9.59 Å². The van der Waals surface area contributed by atoms with Crippen LogP contribution in [0.2, 0.25) is 0 Å². The van der Waals surface area contributed by atoms with E-state index in [0.29, 0.717) is 18.7 Å². The second kappa shape index (κ2) is 12.8. The lowest BCUT2D eigenvalue weighted by Crippen LogP contribution is -2.47. The van der Waals surface area contributed by atoms with Gasteiger partial charge in [-0.3, -0.25) is 9.59 Å². The number of benzene rings is 3. The summed E-state index contributed by atoms with van der Waals surface area (Å²) in [5.41, 5.74) is 3.00. The molecule has 1 fully saturated rings. The molecule has 5 rings (SSSR count). The molecular formula is C34H39N3O2. The molecule has 1 aliphatic carbocycles. The molecule has 0 unspecified atom stereocenters. The standard InChI is InChI=1S/C34H39N3O2/c1-2-21-36(34(39)30-20-19-28-14-9-10-15-29(28)23-30)26-33(38)37(31-16-7-4-8-17-31)25-32-18-11-22-35(32)24-27-12-5-3-6-13-27/h3,5-6,9-15,18-20,22-23,31H,2,4,7-8,16-17,21,24-26H2,1H3. The van der Waals surface area contributed by atoms with Gasteiger partial charge in [0.1, 0.15) is 6.54 Å². The lowest BCUT2D eigenvalue weighted by atomic mass is 9.94. The fraction of sp³-hybridized carbons (Fsp3) is 0.353. The molecule has 1 saturated carbocycles. The van der Waals surface area contributed by atoms with Crippen molar-refractivity contribution in [3.63, 3.8) is 0 Å². The van der Waals surface area contributed by atoms with Gasteiger partial charge < -0.3 is 14.4 Å². The maximum atomic E-state index is 14.0. The molecule has 3 aromatic carbocycles. The molecule has 0 spiro atoms. The first kappa shape index (κ1) is 26.7. The van der Waals surface area contributed by atoms with E-state index in [4.69, 9.17) is 0 Å². The number of rotatable bonds is 10. The number of hydrogen-bond donors (Lipinski definition) is 0. The van der Waals surface area contributed by atoms with Crippen molar-refractivity contribution in [2.45, 2.75) is 64.6 Å². The second-order valence-electron chi connectivity index (χ2n) is 10.7. The Hall–Kier alpha value is -3.86. The number of nitrogens with zero attached hydrogens (tertiary/aromatic N) is 3. The Bertz CT molecular complexity index is 1390. The number of aromatic nitrogens is 1. The lowest BCUT2D eigenvalue weighted by molar-refractivity contribution is -0.135. The van der Waals surface area contributed by atoms with Gasteiger partial charge in [0.25, 0.3) is 5.91 Å². The van der Waals surface area contributed by atoms with Gasteiger partial charge in [0.05, 0.1) is 6.54 Å². The highest BCUT2D eigenvalue weighted by Crippen LogP contribution is 2.25. The predicted molar refractivity (Wildman–Crippen MR) is 158 cm³/mol. The lowest BCUT2D eigenvalue weighted by Gasteiger charge is -2.36. The van der Waals surface area contributed by atoms with Gasteiger partial charge in [-0.15, -0.1) is 0 Å². The highest BCUT2D eigenvalue weighted by atomic mass is 16.2. The Morgan fingerprint density at radius 3 is 2.36 bits per heavy atom. The summed E-state index contributed by atoms with van der Waals surface area (Å²) >= 11 is 0. The van der Waals surface area contributed by atoms with E-state index in [1.54, 1.807) is 4.90 Å². The Kier molecular flexibility index (Phi) is 8.77. The molecule has 0 saturated heterocycles. The number of carbonyl (C=O) groups is 2. The van der Waals surface area contributed by atoms with E-state index >= 15 is 0 Å². The number of carbonyl (C=O) groups excluding carboxylic acids is 2. The van der Waals surface area contributed by atoms with E-state index in [-0.39, 0.29) is 24.4 Å². The number of hydrogen-bond acceptors (Lipinski definition) is 2. The fourth-order valence-electron chi connectivity index (χ4n) is 5.80. The minimum absolute atomic E-state index is 0.0388. The first-order chi connectivity index (χ1) is 19.1. The topological polar surface area (TPSA) is 45.6 Å². The number of fused-ring (bicyclic) bond motifs is 1. The molecule has 0 aliphatic heterocycles. The average Bonchev–Trinajstić information content (AvgIpc) is 3.42. The van der Waals surface area contributed by atoms with Gasteiger partial charge in [0.2, 0.25) is 5.91 Å². The largest absolute Gasteiger partial charge is 0.345 e. The molecule has 5 heteroatoms. The third kappa shape index (κ3) is 6.59. The van der Waals surface area contributed by atoms with Crippen LogP contribution in [-0.2, 0) is 17.9 Å².